The van der Waals surface area contributed by atoms with E-state index in [1.54, 1.807) is 0 Å². The highest BCUT2D eigenvalue weighted by atomic mass is 16.4. The molecular formula is C17H27N5O9. The van der Waals surface area contributed by atoms with Crippen molar-refractivity contribution in [1.29, 1.82) is 0 Å². The van der Waals surface area contributed by atoms with E-state index in [-0.39, 0.29) is 25.8 Å². The second-order valence-corrected chi connectivity index (χ2v) is 7.04. The van der Waals surface area contributed by atoms with Gasteiger partial charge in [-0.05, 0) is 19.3 Å². The van der Waals surface area contributed by atoms with Crippen LogP contribution < -0.4 is 22.1 Å². The molecular weight excluding hydrogens is 418 g/mol. The summed E-state index contributed by atoms with van der Waals surface area (Å²) in [5.74, 6) is -6.01. The van der Waals surface area contributed by atoms with E-state index in [0.717, 1.165) is 4.90 Å². The zero-order valence-corrected chi connectivity index (χ0v) is 16.7. The van der Waals surface area contributed by atoms with Crippen molar-refractivity contribution in [2.45, 2.75) is 56.3 Å². The molecule has 0 spiro atoms. The highest BCUT2D eigenvalue weighted by Gasteiger charge is 2.39. The van der Waals surface area contributed by atoms with Gasteiger partial charge < -0.3 is 42.3 Å². The van der Waals surface area contributed by atoms with Gasteiger partial charge in [0.1, 0.15) is 18.1 Å². The first-order valence-electron chi connectivity index (χ1n) is 9.48. The van der Waals surface area contributed by atoms with E-state index in [4.69, 9.17) is 26.8 Å². The fourth-order valence-electron chi connectivity index (χ4n) is 3.05. The standard InChI is InChI=1S/C17H27N5O9/c18-8(3-4-13(25)26)14(27)20-9(6-12(19)24)16(29)22-5-1-2-11(22)15(28)21-10(7-23)17(30)31/h8-11,23H,1-7,18H2,(H2,19,24)(H,20,27)(H,21,28)(H,25,26)(H,30,31). The molecule has 4 unspecified atom stereocenters. The molecule has 4 atom stereocenters. The van der Waals surface area contributed by atoms with Crippen LogP contribution in [-0.4, -0.2) is 93.1 Å². The minimum Gasteiger partial charge on any atom is -0.481 e. The number of hydrogen-bond acceptors (Lipinski definition) is 8. The Labute approximate surface area is 176 Å². The fraction of sp³-hybridized carbons (Fsp3) is 0.647. The van der Waals surface area contributed by atoms with Gasteiger partial charge in [-0.25, -0.2) is 4.79 Å². The second-order valence-electron chi connectivity index (χ2n) is 7.04. The summed E-state index contributed by atoms with van der Waals surface area (Å²) in [7, 11) is 0. The molecule has 31 heavy (non-hydrogen) atoms. The third kappa shape index (κ3) is 7.82. The second kappa shape index (κ2) is 11.8. The largest absolute Gasteiger partial charge is 0.481 e. The van der Waals surface area contributed by atoms with Crippen molar-refractivity contribution in [3.05, 3.63) is 0 Å². The number of carboxylic acid groups (broad SMARTS) is 2. The molecule has 4 amide bonds. The summed E-state index contributed by atoms with van der Waals surface area (Å²) in [6, 6.07) is -5.33. The van der Waals surface area contributed by atoms with E-state index in [1.165, 1.54) is 0 Å². The van der Waals surface area contributed by atoms with E-state index < -0.39 is 72.8 Å². The quantitative estimate of drug-likeness (QED) is 0.154. The number of aliphatic hydroxyl groups is 1. The lowest BCUT2D eigenvalue weighted by Gasteiger charge is -2.29. The Bertz CT molecular complexity index is 729. The van der Waals surface area contributed by atoms with Crippen molar-refractivity contribution < 1.29 is 44.1 Å². The van der Waals surface area contributed by atoms with E-state index >= 15 is 0 Å². The summed E-state index contributed by atoms with van der Waals surface area (Å²) in [6.07, 6.45) is -0.575. The van der Waals surface area contributed by atoms with Gasteiger partial charge in [0, 0.05) is 13.0 Å². The number of likely N-dealkylation sites (tertiary alicyclic amines) is 1. The first-order chi connectivity index (χ1) is 14.5. The van der Waals surface area contributed by atoms with Crippen molar-refractivity contribution in [2.75, 3.05) is 13.2 Å². The van der Waals surface area contributed by atoms with E-state index in [2.05, 4.69) is 10.6 Å². The predicted molar refractivity (Wildman–Crippen MR) is 102 cm³/mol. The Hall–Kier alpha value is -3.26. The van der Waals surface area contributed by atoms with E-state index in [1.807, 2.05) is 0 Å². The van der Waals surface area contributed by atoms with Gasteiger partial charge in [0.2, 0.25) is 23.6 Å². The third-order valence-electron chi connectivity index (χ3n) is 4.66. The zero-order chi connectivity index (χ0) is 23.7. The minimum atomic E-state index is -1.56. The molecule has 0 aromatic heterocycles. The van der Waals surface area contributed by atoms with Crippen molar-refractivity contribution in [3.63, 3.8) is 0 Å². The van der Waals surface area contributed by atoms with Crippen LogP contribution in [0.25, 0.3) is 0 Å². The Balaban J connectivity index is 2.91. The van der Waals surface area contributed by atoms with Crippen LogP contribution in [0, 0.1) is 0 Å². The SMILES string of the molecule is NC(=O)CC(NC(=O)C(N)CCC(=O)O)C(=O)N1CCCC1C(=O)NC(CO)C(=O)O. The molecule has 1 heterocycles. The average molecular weight is 445 g/mol. The lowest BCUT2D eigenvalue weighted by molar-refractivity contribution is -0.146. The van der Waals surface area contributed by atoms with Gasteiger partial charge in [-0.2, -0.15) is 0 Å². The molecule has 1 aliphatic heterocycles. The van der Waals surface area contributed by atoms with E-state index in [9.17, 15) is 28.8 Å². The summed E-state index contributed by atoms with van der Waals surface area (Å²) < 4.78 is 0. The minimum absolute atomic E-state index is 0.101. The maximum atomic E-state index is 12.9. The third-order valence-corrected chi connectivity index (χ3v) is 4.66. The molecule has 1 fully saturated rings. The smallest absolute Gasteiger partial charge is 0.328 e. The van der Waals surface area contributed by atoms with Crippen LogP contribution >= 0.6 is 0 Å². The molecule has 0 bridgehead atoms. The van der Waals surface area contributed by atoms with Crippen molar-refractivity contribution in [2.24, 2.45) is 11.5 Å². The fourth-order valence-corrected chi connectivity index (χ4v) is 3.05. The van der Waals surface area contributed by atoms with Gasteiger partial charge in [0.15, 0.2) is 0 Å². The molecule has 1 rings (SSSR count). The lowest BCUT2D eigenvalue weighted by atomic mass is 10.1. The average Bonchev–Trinajstić information content (AvgIpc) is 3.18. The van der Waals surface area contributed by atoms with Crippen LogP contribution in [0.15, 0.2) is 0 Å². The summed E-state index contributed by atoms with van der Waals surface area (Å²) in [5, 5.41) is 31.1. The Kier molecular flexibility index (Phi) is 9.82. The maximum Gasteiger partial charge on any atom is 0.328 e. The van der Waals surface area contributed by atoms with Gasteiger partial charge in [-0.3, -0.25) is 24.0 Å². The highest BCUT2D eigenvalue weighted by Crippen LogP contribution is 2.19. The van der Waals surface area contributed by atoms with Gasteiger partial charge in [0.25, 0.3) is 0 Å². The van der Waals surface area contributed by atoms with Crippen LogP contribution in [0.5, 0.6) is 0 Å². The number of carbonyl (C=O) groups excluding carboxylic acids is 4. The summed E-state index contributed by atoms with van der Waals surface area (Å²) in [5.41, 5.74) is 10.8. The molecule has 0 aliphatic carbocycles. The maximum absolute atomic E-state index is 12.9. The van der Waals surface area contributed by atoms with Gasteiger partial charge in [-0.15, -0.1) is 0 Å². The van der Waals surface area contributed by atoms with Crippen molar-refractivity contribution in [3.8, 4) is 0 Å². The van der Waals surface area contributed by atoms with Crippen molar-refractivity contribution in [1.82, 2.24) is 15.5 Å². The van der Waals surface area contributed by atoms with E-state index in [0.29, 0.717) is 6.42 Å². The predicted octanol–water partition coefficient (Wildman–Crippen LogP) is -3.91. The number of hydrogen-bond donors (Lipinski definition) is 7. The number of nitrogens with zero attached hydrogens (tertiary/aromatic N) is 1. The first kappa shape index (κ1) is 25.8. The molecule has 0 aromatic carbocycles. The molecule has 0 saturated carbocycles. The van der Waals surface area contributed by atoms with Crippen LogP contribution in [0.2, 0.25) is 0 Å². The van der Waals surface area contributed by atoms with Crippen LogP contribution in [-0.2, 0) is 28.8 Å². The first-order valence-corrected chi connectivity index (χ1v) is 9.48. The highest BCUT2D eigenvalue weighted by molar-refractivity contribution is 5.96. The molecule has 174 valence electrons. The van der Waals surface area contributed by atoms with Gasteiger partial charge in [-0.1, -0.05) is 0 Å². The molecule has 0 radical (unpaired) electrons. The normalized spacial score (nSPS) is 18.5. The monoisotopic (exact) mass is 445 g/mol. The number of carbonyl (C=O) groups is 6. The Morgan fingerprint density at radius 2 is 1.71 bits per heavy atom. The lowest BCUT2D eigenvalue weighted by Crippen LogP contribution is -2.57. The Morgan fingerprint density at radius 1 is 1.06 bits per heavy atom. The number of nitrogens with one attached hydrogen (secondary N) is 2. The molecule has 14 nitrogen and oxygen atoms in total. The molecule has 9 N–H and O–H groups in total. The van der Waals surface area contributed by atoms with Gasteiger partial charge >= 0.3 is 11.9 Å². The van der Waals surface area contributed by atoms with Crippen LogP contribution in [0.3, 0.4) is 0 Å². The number of primary amides is 1. The number of nitrogens with two attached hydrogens (primary N) is 2. The van der Waals surface area contributed by atoms with Crippen LogP contribution in [0.1, 0.15) is 32.1 Å². The van der Waals surface area contributed by atoms with Crippen molar-refractivity contribution >= 4 is 35.6 Å². The van der Waals surface area contributed by atoms with Gasteiger partial charge in [0.05, 0.1) is 19.1 Å². The Morgan fingerprint density at radius 3 is 2.23 bits per heavy atom. The molecule has 14 heteroatoms. The van der Waals surface area contributed by atoms with Crippen LogP contribution in [0.4, 0.5) is 0 Å². The zero-order valence-electron chi connectivity index (χ0n) is 16.7. The number of aliphatic hydroxyl groups excluding tert-OH is 1. The number of rotatable bonds is 12. The molecule has 1 saturated heterocycles. The summed E-state index contributed by atoms with van der Waals surface area (Å²) in [4.78, 5) is 71.7. The summed E-state index contributed by atoms with van der Waals surface area (Å²) >= 11 is 0. The topological polar surface area (TPSA) is 242 Å². The molecule has 1 aliphatic rings. The molecule has 0 aromatic rings. The summed E-state index contributed by atoms with van der Waals surface area (Å²) in [6.45, 7) is -0.750. The number of amides is 4. The number of aliphatic carboxylic acids is 2. The number of carboxylic acids is 2.